The summed E-state index contributed by atoms with van der Waals surface area (Å²) >= 11 is 4.56. The van der Waals surface area contributed by atoms with E-state index in [2.05, 4.69) is 25.8 Å². The molecule has 1 aromatic carbocycles. The van der Waals surface area contributed by atoms with Crippen LogP contribution in [0.5, 0.6) is 0 Å². The quantitative estimate of drug-likeness (QED) is 0.370. The van der Waals surface area contributed by atoms with Crippen molar-refractivity contribution in [2.75, 3.05) is 11.1 Å². The molecule has 0 aliphatic carbocycles. The van der Waals surface area contributed by atoms with Crippen LogP contribution >= 0.6 is 34.4 Å². The zero-order valence-corrected chi connectivity index (χ0v) is 18.7. The van der Waals surface area contributed by atoms with Crippen molar-refractivity contribution in [2.24, 2.45) is 7.05 Å². The molecule has 0 bridgehead atoms. The maximum absolute atomic E-state index is 12.1. The van der Waals surface area contributed by atoms with Crippen LogP contribution in [0, 0.1) is 0 Å². The van der Waals surface area contributed by atoms with Gasteiger partial charge in [0.2, 0.25) is 5.91 Å². The number of hydrogen-bond acceptors (Lipinski definition) is 8. The molecule has 0 saturated carbocycles. The Morgan fingerprint density at radius 1 is 1.10 bits per heavy atom. The Morgan fingerprint density at radius 2 is 1.97 bits per heavy atom. The molecule has 0 saturated heterocycles. The van der Waals surface area contributed by atoms with E-state index >= 15 is 0 Å². The fourth-order valence-corrected chi connectivity index (χ4v) is 4.78. The van der Waals surface area contributed by atoms with Crippen molar-refractivity contribution in [3.8, 4) is 11.3 Å². The standard InChI is InChI=1S/C20H20N6OS3/c1-26-17(11-22-19-23-16(12-29-19)14-6-3-2-4-7-14)24-25-20(26)30-13-18(27)21-10-15-8-5-9-28-15/h2-9,12H,10-11,13H2,1H3,(H,21,27)(H,22,23). The molecule has 4 rings (SSSR count). The predicted octanol–water partition coefficient (Wildman–Crippen LogP) is 4.02. The molecule has 0 atom stereocenters. The Balaban J connectivity index is 1.27. The highest BCUT2D eigenvalue weighted by atomic mass is 32.2. The van der Waals surface area contributed by atoms with Gasteiger partial charge in [0, 0.05) is 22.9 Å². The first-order chi connectivity index (χ1) is 14.7. The molecule has 10 heteroatoms. The van der Waals surface area contributed by atoms with Crippen LogP contribution in [-0.2, 0) is 24.9 Å². The van der Waals surface area contributed by atoms with Gasteiger partial charge in [-0.15, -0.1) is 32.9 Å². The van der Waals surface area contributed by atoms with Gasteiger partial charge in [-0.3, -0.25) is 4.79 Å². The summed E-state index contributed by atoms with van der Waals surface area (Å²) in [6.45, 7) is 1.07. The van der Waals surface area contributed by atoms with E-state index in [0.29, 0.717) is 24.0 Å². The smallest absolute Gasteiger partial charge is 0.230 e. The van der Waals surface area contributed by atoms with Gasteiger partial charge in [0.25, 0.3) is 0 Å². The van der Waals surface area contributed by atoms with Crippen molar-refractivity contribution >= 4 is 45.5 Å². The van der Waals surface area contributed by atoms with Gasteiger partial charge >= 0.3 is 0 Å². The summed E-state index contributed by atoms with van der Waals surface area (Å²) in [6.07, 6.45) is 0. The number of thiophene rings is 1. The van der Waals surface area contributed by atoms with Crippen molar-refractivity contribution < 1.29 is 4.79 Å². The van der Waals surface area contributed by atoms with Crippen LogP contribution in [-0.4, -0.2) is 31.4 Å². The molecule has 0 radical (unpaired) electrons. The first-order valence-corrected chi connectivity index (χ1v) is 12.0. The second-order valence-corrected chi connectivity index (χ2v) is 9.19. The number of thioether (sulfide) groups is 1. The Morgan fingerprint density at radius 3 is 2.77 bits per heavy atom. The molecule has 30 heavy (non-hydrogen) atoms. The number of anilines is 1. The lowest BCUT2D eigenvalue weighted by Gasteiger charge is -2.05. The average Bonchev–Trinajstić information content (AvgIpc) is 3.52. The van der Waals surface area contributed by atoms with E-state index in [9.17, 15) is 4.79 Å². The second kappa shape index (κ2) is 9.88. The van der Waals surface area contributed by atoms with Gasteiger partial charge in [-0.25, -0.2) is 4.98 Å². The average molecular weight is 457 g/mol. The van der Waals surface area contributed by atoms with Crippen LogP contribution < -0.4 is 10.6 Å². The molecular formula is C20H20N6OS3. The largest absolute Gasteiger partial charge is 0.354 e. The number of hydrogen-bond donors (Lipinski definition) is 2. The third-order valence-electron chi connectivity index (χ3n) is 4.27. The van der Waals surface area contributed by atoms with Gasteiger partial charge in [-0.05, 0) is 11.4 Å². The van der Waals surface area contributed by atoms with Crippen molar-refractivity contribution in [3.05, 3.63) is 63.9 Å². The third-order valence-corrected chi connectivity index (χ3v) is 6.97. The van der Waals surface area contributed by atoms with Crippen LogP contribution in [0.25, 0.3) is 11.3 Å². The normalized spacial score (nSPS) is 10.8. The highest BCUT2D eigenvalue weighted by Gasteiger charge is 2.12. The summed E-state index contributed by atoms with van der Waals surface area (Å²) in [6, 6.07) is 14.1. The van der Waals surface area contributed by atoms with E-state index in [0.717, 1.165) is 27.1 Å². The minimum absolute atomic E-state index is 0.0210. The van der Waals surface area contributed by atoms with Gasteiger partial charge in [-0.2, -0.15) is 0 Å². The maximum atomic E-state index is 12.1. The molecule has 4 aromatic rings. The number of aromatic nitrogens is 4. The fourth-order valence-electron chi connectivity index (χ4n) is 2.66. The predicted molar refractivity (Wildman–Crippen MR) is 123 cm³/mol. The zero-order chi connectivity index (χ0) is 20.8. The van der Waals surface area contributed by atoms with E-state index < -0.39 is 0 Å². The van der Waals surface area contributed by atoms with E-state index in [-0.39, 0.29) is 5.91 Å². The van der Waals surface area contributed by atoms with Gasteiger partial charge in [0.15, 0.2) is 16.1 Å². The topological polar surface area (TPSA) is 84.7 Å². The van der Waals surface area contributed by atoms with Crippen molar-refractivity contribution in [3.63, 3.8) is 0 Å². The molecule has 154 valence electrons. The Labute approximate surface area is 186 Å². The van der Waals surface area contributed by atoms with Crippen molar-refractivity contribution in [1.82, 2.24) is 25.1 Å². The van der Waals surface area contributed by atoms with Gasteiger partial charge < -0.3 is 15.2 Å². The maximum Gasteiger partial charge on any atom is 0.230 e. The molecule has 3 heterocycles. The number of amides is 1. The van der Waals surface area contributed by atoms with E-state index in [1.165, 1.54) is 11.8 Å². The SMILES string of the molecule is Cn1c(CNc2nc(-c3ccccc3)cs2)nnc1SCC(=O)NCc1cccs1. The summed E-state index contributed by atoms with van der Waals surface area (Å²) in [5, 5.41) is 20.2. The molecule has 7 nitrogen and oxygen atoms in total. The molecule has 0 aliphatic rings. The number of benzene rings is 1. The van der Waals surface area contributed by atoms with Crippen LogP contribution in [0.4, 0.5) is 5.13 Å². The second-order valence-electron chi connectivity index (χ2n) is 6.36. The lowest BCUT2D eigenvalue weighted by atomic mass is 10.2. The van der Waals surface area contributed by atoms with Crippen LogP contribution in [0.3, 0.4) is 0 Å². The lowest BCUT2D eigenvalue weighted by Crippen LogP contribution is -2.24. The molecular weight excluding hydrogens is 436 g/mol. The molecule has 3 aromatic heterocycles. The van der Waals surface area contributed by atoms with Crippen molar-refractivity contribution in [1.29, 1.82) is 0 Å². The fraction of sp³-hybridized carbons (Fsp3) is 0.200. The van der Waals surface area contributed by atoms with Crippen LogP contribution in [0.1, 0.15) is 10.7 Å². The Kier molecular flexibility index (Phi) is 6.77. The summed E-state index contributed by atoms with van der Waals surface area (Å²) in [5.41, 5.74) is 2.04. The first kappa shape index (κ1) is 20.6. The summed E-state index contributed by atoms with van der Waals surface area (Å²) in [7, 11) is 1.90. The monoisotopic (exact) mass is 456 g/mol. The highest BCUT2D eigenvalue weighted by Crippen LogP contribution is 2.25. The van der Waals surface area contributed by atoms with Gasteiger partial charge in [-0.1, -0.05) is 48.2 Å². The molecule has 0 aliphatic heterocycles. The molecule has 0 unspecified atom stereocenters. The summed E-state index contributed by atoms with van der Waals surface area (Å²) < 4.78 is 1.90. The number of thiazole rings is 1. The minimum Gasteiger partial charge on any atom is -0.354 e. The lowest BCUT2D eigenvalue weighted by molar-refractivity contribution is -0.118. The van der Waals surface area contributed by atoms with Gasteiger partial charge in [0.1, 0.15) is 0 Å². The van der Waals surface area contributed by atoms with Crippen LogP contribution in [0.15, 0.2) is 58.4 Å². The Bertz CT molecular complexity index is 1090. The van der Waals surface area contributed by atoms with E-state index in [4.69, 9.17) is 0 Å². The minimum atomic E-state index is -0.0210. The van der Waals surface area contributed by atoms with E-state index in [1.807, 2.05) is 64.8 Å². The Hall–Kier alpha value is -2.69. The molecule has 0 fully saturated rings. The zero-order valence-electron chi connectivity index (χ0n) is 16.2. The van der Waals surface area contributed by atoms with Gasteiger partial charge in [0.05, 0.1) is 24.5 Å². The number of nitrogens with zero attached hydrogens (tertiary/aromatic N) is 4. The summed E-state index contributed by atoms with van der Waals surface area (Å²) in [5.74, 6) is 1.07. The number of carbonyl (C=O) groups excluding carboxylic acids is 1. The molecule has 2 N–H and O–H groups in total. The van der Waals surface area contributed by atoms with Crippen LogP contribution in [0.2, 0.25) is 0 Å². The number of carbonyl (C=O) groups is 1. The van der Waals surface area contributed by atoms with E-state index in [1.54, 1.807) is 22.7 Å². The first-order valence-electron chi connectivity index (χ1n) is 9.24. The molecule has 1 amide bonds. The number of nitrogens with one attached hydrogen (secondary N) is 2. The third kappa shape index (κ3) is 5.26. The summed E-state index contributed by atoms with van der Waals surface area (Å²) in [4.78, 5) is 17.8. The molecule has 0 spiro atoms. The van der Waals surface area contributed by atoms with Crippen molar-refractivity contribution in [2.45, 2.75) is 18.2 Å². The number of rotatable bonds is 9. The highest BCUT2D eigenvalue weighted by molar-refractivity contribution is 7.99.